The monoisotopic (exact) mass is 185 g/mol. The average molecular weight is 185 g/mol. The van der Waals surface area contributed by atoms with Crippen LogP contribution in [0.2, 0.25) is 0 Å². The SMILES string of the molecule is CCc1nc(C)c(C(=O)NN)s1. The van der Waals surface area contributed by atoms with Crippen LogP contribution in [0.3, 0.4) is 0 Å². The minimum absolute atomic E-state index is 0.260. The van der Waals surface area contributed by atoms with E-state index in [-0.39, 0.29) is 5.91 Å². The van der Waals surface area contributed by atoms with Crippen LogP contribution in [0.4, 0.5) is 0 Å². The summed E-state index contributed by atoms with van der Waals surface area (Å²) in [5.41, 5.74) is 2.84. The molecule has 66 valence electrons. The van der Waals surface area contributed by atoms with Crippen molar-refractivity contribution in [2.24, 2.45) is 5.84 Å². The molecular weight excluding hydrogens is 174 g/mol. The number of hydrazine groups is 1. The van der Waals surface area contributed by atoms with Gasteiger partial charge in [0.15, 0.2) is 0 Å². The molecule has 1 aromatic heterocycles. The van der Waals surface area contributed by atoms with E-state index in [1.807, 2.05) is 6.92 Å². The Morgan fingerprint density at radius 3 is 2.83 bits per heavy atom. The van der Waals surface area contributed by atoms with Gasteiger partial charge in [-0.2, -0.15) is 0 Å². The lowest BCUT2D eigenvalue weighted by molar-refractivity contribution is 0.0957. The highest BCUT2D eigenvalue weighted by Crippen LogP contribution is 2.17. The summed E-state index contributed by atoms with van der Waals surface area (Å²) in [7, 11) is 0. The van der Waals surface area contributed by atoms with Gasteiger partial charge in [0.05, 0.1) is 10.7 Å². The zero-order chi connectivity index (χ0) is 9.14. The number of nitrogens with one attached hydrogen (secondary N) is 1. The van der Waals surface area contributed by atoms with E-state index < -0.39 is 0 Å². The van der Waals surface area contributed by atoms with E-state index in [0.29, 0.717) is 4.88 Å². The Hall–Kier alpha value is -0.940. The summed E-state index contributed by atoms with van der Waals surface area (Å²) < 4.78 is 0. The molecule has 4 nitrogen and oxygen atoms in total. The molecule has 0 saturated heterocycles. The first-order valence-electron chi connectivity index (χ1n) is 3.66. The van der Waals surface area contributed by atoms with Crippen LogP contribution >= 0.6 is 11.3 Å². The first-order chi connectivity index (χ1) is 5.69. The molecule has 0 aromatic carbocycles. The molecule has 3 N–H and O–H groups in total. The largest absolute Gasteiger partial charge is 0.289 e. The van der Waals surface area contributed by atoms with E-state index in [2.05, 4.69) is 10.4 Å². The lowest BCUT2D eigenvalue weighted by atomic mass is 10.4. The van der Waals surface area contributed by atoms with Gasteiger partial charge in [0.25, 0.3) is 5.91 Å². The number of thiazole rings is 1. The van der Waals surface area contributed by atoms with Crippen LogP contribution in [0.15, 0.2) is 0 Å². The van der Waals surface area contributed by atoms with Crippen molar-refractivity contribution >= 4 is 17.2 Å². The number of aryl methyl sites for hydroxylation is 2. The van der Waals surface area contributed by atoms with Gasteiger partial charge in [0, 0.05) is 0 Å². The third kappa shape index (κ3) is 1.62. The molecule has 0 aliphatic rings. The highest BCUT2D eigenvalue weighted by Gasteiger charge is 2.12. The van der Waals surface area contributed by atoms with E-state index in [9.17, 15) is 4.79 Å². The minimum atomic E-state index is -0.260. The van der Waals surface area contributed by atoms with Crippen LogP contribution in [-0.2, 0) is 6.42 Å². The van der Waals surface area contributed by atoms with E-state index >= 15 is 0 Å². The molecule has 0 spiro atoms. The minimum Gasteiger partial charge on any atom is -0.289 e. The van der Waals surface area contributed by atoms with Crippen LogP contribution in [0.25, 0.3) is 0 Å². The third-order valence-corrected chi connectivity index (χ3v) is 2.78. The predicted molar refractivity (Wildman–Crippen MR) is 47.9 cm³/mol. The number of rotatable bonds is 2. The van der Waals surface area contributed by atoms with Gasteiger partial charge in [-0.05, 0) is 13.3 Å². The maximum Gasteiger partial charge on any atom is 0.277 e. The van der Waals surface area contributed by atoms with Crippen LogP contribution < -0.4 is 11.3 Å². The highest BCUT2D eigenvalue weighted by atomic mass is 32.1. The van der Waals surface area contributed by atoms with Crippen molar-refractivity contribution < 1.29 is 4.79 Å². The number of amides is 1. The van der Waals surface area contributed by atoms with Crippen molar-refractivity contribution in [3.05, 3.63) is 15.6 Å². The standard InChI is InChI=1S/C7H11N3OS/c1-3-5-9-4(2)6(12-5)7(11)10-8/h3,8H2,1-2H3,(H,10,11). The zero-order valence-electron chi connectivity index (χ0n) is 7.05. The second kappa shape index (κ2) is 3.64. The topological polar surface area (TPSA) is 68.0 Å². The lowest BCUT2D eigenvalue weighted by Gasteiger charge is -1.93. The Kier molecular flexibility index (Phi) is 2.78. The Balaban J connectivity index is 2.99. The summed E-state index contributed by atoms with van der Waals surface area (Å²) in [6, 6.07) is 0. The van der Waals surface area contributed by atoms with Crippen LogP contribution in [0, 0.1) is 6.92 Å². The molecule has 0 unspecified atom stereocenters. The van der Waals surface area contributed by atoms with Gasteiger partial charge < -0.3 is 0 Å². The molecule has 0 radical (unpaired) electrons. The molecule has 1 aromatic rings. The first-order valence-corrected chi connectivity index (χ1v) is 4.48. The molecule has 1 rings (SSSR count). The molecular formula is C7H11N3OS. The van der Waals surface area contributed by atoms with Gasteiger partial charge in [0.1, 0.15) is 4.88 Å². The maximum atomic E-state index is 11.1. The van der Waals surface area contributed by atoms with Gasteiger partial charge in [-0.25, -0.2) is 10.8 Å². The molecule has 0 fully saturated rings. The second-order valence-corrected chi connectivity index (χ2v) is 3.43. The van der Waals surface area contributed by atoms with Crippen molar-refractivity contribution in [2.75, 3.05) is 0 Å². The fourth-order valence-corrected chi connectivity index (χ4v) is 1.79. The number of carbonyl (C=O) groups is 1. The van der Waals surface area contributed by atoms with Crippen LogP contribution in [0.5, 0.6) is 0 Å². The number of nitrogens with zero attached hydrogens (tertiary/aromatic N) is 1. The summed E-state index contributed by atoms with van der Waals surface area (Å²) in [4.78, 5) is 15.9. The van der Waals surface area contributed by atoms with Crippen molar-refractivity contribution in [3.8, 4) is 0 Å². The quantitative estimate of drug-likeness (QED) is 0.403. The third-order valence-electron chi connectivity index (χ3n) is 1.48. The molecule has 1 heterocycles. The second-order valence-electron chi connectivity index (χ2n) is 2.35. The van der Waals surface area contributed by atoms with E-state index in [4.69, 9.17) is 5.84 Å². The normalized spacial score (nSPS) is 9.92. The van der Waals surface area contributed by atoms with Crippen LogP contribution in [-0.4, -0.2) is 10.9 Å². The first kappa shape index (κ1) is 9.15. The summed E-state index contributed by atoms with van der Waals surface area (Å²) in [5.74, 6) is 4.74. The number of hydrogen-bond donors (Lipinski definition) is 2. The molecule has 1 amide bonds. The number of nitrogen functional groups attached to an aromatic ring is 1. The fourth-order valence-electron chi connectivity index (χ4n) is 0.880. The summed E-state index contributed by atoms with van der Waals surface area (Å²) in [6.45, 7) is 3.81. The van der Waals surface area contributed by atoms with Gasteiger partial charge in [0.2, 0.25) is 0 Å². The Morgan fingerprint density at radius 1 is 1.75 bits per heavy atom. The highest BCUT2D eigenvalue weighted by molar-refractivity contribution is 7.13. The molecule has 0 aliphatic heterocycles. The molecule has 5 heteroatoms. The van der Waals surface area contributed by atoms with Gasteiger partial charge in [-0.1, -0.05) is 6.92 Å². The predicted octanol–water partition coefficient (Wildman–Crippen LogP) is 0.617. The van der Waals surface area contributed by atoms with E-state index in [1.54, 1.807) is 6.92 Å². The number of nitrogens with two attached hydrogens (primary N) is 1. The smallest absolute Gasteiger partial charge is 0.277 e. The molecule has 0 atom stereocenters. The summed E-state index contributed by atoms with van der Waals surface area (Å²) >= 11 is 1.39. The fraction of sp³-hybridized carbons (Fsp3) is 0.429. The van der Waals surface area contributed by atoms with Gasteiger partial charge >= 0.3 is 0 Å². The summed E-state index contributed by atoms with van der Waals surface area (Å²) in [5, 5.41) is 0.964. The number of aromatic nitrogens is 1. The average Bonchev–Trinajstić information content (AvgIpc) is 2.45. The van der Waals surface area contributed by atoms with Crippen molar-refractivity contribution in [1.82, 2.24) is 10.4 Å². The summed E-state index contributed by atoms with van der Waals surface area (Å²) in [6.07, 6.45) is 0.851. The number of carbonyl (C=O) groups excluding carboxylic acids is 1. The zero-order valence-corrected chi connectivity index (χ0v) is 7.86. The van der Waals surface area contributed by atoms with Crippen molar-refractivity contribution in [1.29, 1.82) is 0 Å². The molecule has 12 heavy (non-hydrogen) atoms. The molecule has 0 saturated carbocycles. The number of hydrogen-bond acceptors (Lipinski definition) is 4. The van der Waals surface area contributed by atoms with E-state index in [1.165, 1.54) is 11.3 Å². The lowest BCUT2D eigenvalue weighted by Crippen LogP contribution is -2.29. The Labute approximate surface area is 74.8 Å². The molecule has 0 aliphatic carbocycles. The Morgan fingerprint density at radius 2 is 2.42 bits per heavy atom. The van der Waals surface area contributed by atoms with Gasteiger partial charge in [-0.15, -0.1) is 11.3 Å². The van der Waals surface area contributed by atoms with E-state index in [0.717, 1.165) is 17.1 Å². The molecule has 0 bridgehead atoms. The van der Waals surface area contributed by atoms with Gasteiger partial charge in [-0.3, -0.25) is 10.2 Å². The maximum absolute atomic E-state index is 11.1. The van der Waals surface area contributed by atoms with Crippen molar-refractivity contribution in [2.45, 2.75) is 20.3 Å². The van der Waals surface area contributed by atoms with Crippen LogP contribution in [0.1, 0.15) is 27.3 Å². The Bertz CT molecular complexity index is 295. The van der Waals surface area contributed by atoms with Crippen molar-refractivity contribution in [3.63, 3.8) is 0 Å².